The van der Waals surface area contributed by atoms with E-state index < -0.39 is 0 Å². The summed E-state index contributed by atoms with van der Waals surface area (Å²) in [5.41, 5.74) is 0.999. The van der Waals surface area contributed by atoms with Crippen molar-refractivity contribution in [1.29, 1.82) is 0 Å². The van der Waals surface area contributed by atoms with E-state index in [2.05, 4.69) is 22.3 Å². The van der Waals surface area contributed by atoms with Gasteiger partial charge in [-0.25, -0.2) is 14.5 Å². The Labute approximate surface area is 123 Å². The summed E-state index contributed by atoms with van der Waals surface area (Å²) >= 11 is 0. The molecular formula is C15H21N5O. The average molecular weight is 287 g/mol. The smallest absolute Gasteiger partial charge is 0.346 e. The predicted octanol–water partition coefficient (Wildman–Crippen LogP) is 1.65. The van der Waals surface area contributed by atoms with Gasteiger partial charge in [-0.1, -0.05) is 13.0 Å². The molecule has 6 heteroatoms. The van der Waals surface area contributed by atoms with E-state index >= 15 is 0 Å². The number of nitrogens with one attached hydrogen (secondary N) is 1. The zero-order valence-electron chi connectivity index (χ0n) is 12.4. The molecule has 0 aliphatic carbocycles. The quantitative estimate of drug-likeness (QED) is 0.908. The van der Waals surface area contributed by atoms with Gasteiger partial charge in [-0.05, 0) is 25.3 Å². The molecule has 21 heavy (non-hydrogen) atoms. The minimum Gasteiger partial charge on any atom is -0.370 e. The van der Waals surface area contributed by atoms with Crippen LogP contribution < -0.4 is 11.0 Å². The Morgan fingerprint density at radius 3 is 3.10 bits per heavy atom. The Bertz CT molecular complexity index is 673. The van der Waals surface area contributed by atoms with Gasteiger partial charge in [0.15, 0.2) is 0 Å². The molecule has 1 aliphatic heterocycles. The molecule has 0 saturated carbocycles. The van der Waals surface area contributed by atoms with Gasteiger partial charge >= 0.3 is 5.69 Å². The maximum Gasteiger partial charge on any atom is 0.346 e. The van der Waals surface area contributed by atoms with Gasteiger partial charge in [0.2, 0.25) is 0 Å². The van der Waals surface area contributed by atoms with E-state index in [1.165, 1.54) is 0 Å². The molecule has 112 valence electrons. The predicted molar refractivity (Wildman–Crippen MR) is 81.5 cm³/mol. The van der Waals surface area contributed by atoms with Crippen molar-refractivity contribution in [3.05, 3.63) is 40.2 Å². The van der Waals surface area contributed by atoms with E-state index in [1.807, 2.05) is 12.1 Å². The first-order chi connectivity index (χ1) is 10.3. The van der Waals surface area contributed by atoms with Crippen molar-refractivity contribution in [2.24, 2.45) is 0 Å². The zero-order valence-corrected chi connectivity index (χ0v) is 12.4. The van der Waals surface area contributed by atoms with Crippen molar-refractivity contribution in [3.63, 3.8) is 0 Å². The van der Waals surface area contributed by atoms with Crippen LogP contribution in [0.2, 0.25) is 0 Å². The number of hydrogen-bond acceptors (Lipinski definition) is 4. The largest absolute Gasteiger partial charge is 0.370 e. The van der Waals surface area contributed by atoms with Crippen molar-refractivity contribution >= 4 is 5.82 Å². The fourth-order valence-electron chi connectivity index (χ4n) is 2.68. The summed E-state index contributed by atoms with van der Waals surface area (Å²) in [6.07, 6.45) is 5.88. The third kappa shape index (κ3) is 2.84. The van der Waals surface area contributed by atoms with Gasteiger partial charge in [0.25, 0.3) is 0 Å². The summed E-state index contributed by atoms with van der Waals surface area (Å²) in [5, 5.41) is 7.78. The Kier molecular flexibility index (Phi) is 4.03. The molecule has 0 amide bonds. The highest BCUT2D eigenvalue weighted by Gasteiger charge is 2.17. The van der Waals surface area contributed by atoms with Crippen LogP contribution in [0.1, 0.15) is 37.6 Å². The van der Waals surface area contributed by atoms with E-state index in [1.54, 1.807) is 15.4 Å². The number of fused-ring (bicyclic) bond motifs is 1. The first kappa shape index (κ1) is 13.9. The number of anilines is 1. The number of rotatable bonds is 5. The van der Waals surface area contributed by atoms with Gasteiger partial charge in [0.1, 0.15) is 11.6 Å². The summed E-state index contributed by atoms with van der Waals surface area (Å²) in [7, 11) is 0. The molecule has 0 bridgehead atoms. The van der Waals surface area contributed by atoms with Crippen LogP contribution in [0.15, 0.2) is 23.1 Å². The van der Waals surface area contributed by atoms with Gasteiger partial charge in [-0.15, -0.1) is 0 Å². The highest BCUT2D eigenvalue weighted by Crippen LogP contribution is 2.14. The summed E-state index contributed by atoms with van der Waals surface area (Å²) < 4.78 is 3.37. The molecular weight excluding hydrogens is 266 g/mol. The van der Waals surface area contributed by atoms with Crippen LogP contribution in [0.25, 0.3) is 0 Å². The average Bonchev–Trinajstić information content (AvgIpc) is 2.83. The van der Waals surface area contributed by atoms with Crippen LogP contribution in [0.4, 0.5) is 5.82 Å². The highest BCUT2D eigenvalue weighted by molar-refractivity contribution is 5.43. The third-order valence-corrected chi connectivity index (χ3v) is 3.79. The van der Waals surface area contributed by atoms with Crippen molar-refractivity contribution < 1.29 is 0 Å². The second-order valence-electron chi connectivity index (χ2n) is 5.40. The third-order valence-electron chi connectivity index (χ3n) is 3.79. The molecule has 1 aliphatic rings. The van der Waals surface area contributed by atoms with Crippen LogP contribution >= 0.6 is 0 Å². The van der Waals surface area contributed by atoms with Gasteiger partial charge in [0, 0.05) is 31.3 Å². The molecule has 3 rings (SSSR count). The van der Waals surface area contributed by atoms with Crippen molar-refractivity contribution in [2.75, 3.05) is 11.9 Å². The fourth-order valence-corrected chi connectivity index (χ4v) is 2.68. The van der Waals surface area contributed by atoms with E-state index in [0.717, 1.165) is 56.0 Å². The molecule has 0 radical (unpaired) electrons. The van der Waals surface area contributed by atoms with E-state index in [9.17, 15) is 4.79 Å². The standard InChI is InChI=1S/C15H21N5O/c1-2-8-16-14-12(6-5-9-17-14)11-20-15(21)19-10-4-3-7-13(19)18-20/h5-6,9H,2-4,7-8,10-11H2,1H3,(H,16,17). The Morgan fingerprint density at radius 2 is 2.29 bits per heavy atom. The van der Waals surface area contributed by atoms with E-state index in [-0.39, 0.29) is 5.69 Å². The molecule has 3 heterocycles. The minimum absolute atomic E-state index is 0.00463. The lowest BCUT2D eigenvalue weighted by molar-refractivity contribution is 0.511. The van der Waals surface area contributed by atoms with E-state index in [4.69, 9.17) is 0 Å². The Hall–Kier alpha value is -2.11. The van der Waals surface area contributed by atoms with Crippen molar-refractivity contribution in [1.82, 2.24) is 19.3 Å². The van der Waals surface area contributed by atoms with Crippen LogP contribution in [-0.2, 0) is 19.5 Å². The summed E-state index contributed by atoms with van der Waals surface area (Å²) in [6, 6.07) is 3.89. The van der Waals surface area contributed by atoms with Gasteiger partial charge in [-0.2, -0.15) is 5.10 Å². The monoisotopic (exact) mass is 287 g/mol. The van der Waals surface area contributed by atoms with Gasteiger partial charge in [-0.3, -0.25) is 4.57 Å². The topological polar surface area (TPSA) is 64.7 Å². The number of aryl methyl sites for hydroxylation is 1. The number of aromatic nitrogens is 4. The number of pyridine rings is 1. The molecule has 0 aromatic carbocycles. The van der Waals surface area contributed by atoms with Crippen LogP contribution in [-0.4, -0.2) is 25.9 Å². The minimum atomic E-state index is -0.00463. The first-order valence-corrected chi connectivity index (χ1v) is 7.64. The van der Waals surface area contributed by atoms with Crippen LogP contribution in [0.3, 0.4) is 0 Å². The van der Waals surface area contributed by atoms with Gasteiger partial charge in [0.05, 0.1) is 6.54 Å². The molecule has 2 aromatic heterocycles. The maximum absolute atomic E-state index is 12.4. The SMILES string of the molecule is CCCNc1ncccc1Cn1nc2n(c1=O)CCCC2. The summed E-state index contributed by atoms with van der Waals surface area (Å²) in [4.78, 5) is 16.7. The summed E-state index contributed by atoms with van der Waals surface area (Å²) in [6.45, 7) is 4.25. The summed E-state index contributed by atoms with van der Waals surface area (Å²) in [5.74, 6) is 1.76. The molecule has 0 atom stereocenters. The lowest BCUT2D eigenvalue weighted by atomic mass is 10.2. The molecule has 0 fully saturated rings. The highest BCUT2D eigenvalue weighted by atomic mass is 16.2. The van der Waals surface area contributed by atoms with Crippen molar-refractivity contribution in [3.8, 4) is 0 Å². The second kappa shape index (κ2) is 6.11. The molecule has 0 unspecified atom stereocenters. The lowest BCUT2D eigenvalue weighted by Crippen LogP contribution is -2.27. The zero-order chi connectivity index (χ0) is 14.7. The van der Waals surface area contributed by atoms with Crippen LogP contribution in [0.5, 0.6) is 0 Å². The Morgan fingerprint density at radius 1 is 1.38 bits per heavy atom. The molecule has 2 aromatic rings. The fraction of sp³-hybridized carbons (Fsp3) is 0.533. The molecule has 0 spiro atoms. The second-order valence-corrected chi connectivity index (χ2v) is 5.40. The Balaban J connectivity index is 1.87. The lowest BCUT2D eigenvalue weighted by Gasteiger charge is -2.09. The molecule has 0 saturated heterocycles. The number of hydrogen-bond donors (Lipinski definition) is 1. The van der Waals surface area contributed by atoms with Gasteiger partial charge < -0.3 is 5.32 Å². The van der Waals surface area contributed by atoms with E-state index in [0.29, 0.717) is 6.54 Å². The normalized spacial score (nSPS) is 14.0. The molecule has 6 nitrogen and oxygen atoms in total. The van der Waals surface area contributed by atoms with Crippen molar-refractivity contribution in [2.45, 2.75) is 45.7 Å². The maximum atomic E-state index is 12.4. The number of nitrogens with zero attached hydrogens (tertiary/aromatic N) is 4. The first-order valence-electron chi connectivity index (χ1n) is 7.64. The van der Waals surface area contributed by atoms with Crippen LogP contribution in [0, 0.1) is 0 Å². The molecule has 1 N–H and O–H groups in total.